The van der Waals surface area contributed by atoms with Crippen molar-refractivity contribution in [3.05, 3.63) is 22.9 Å². The summed E-state index contributed by atoms with van der Waals surface area (Å²) in [6.07, 6.45) is 6.37. The van der Waals surface area contributed by atoms with E-state index in [2.05, 4.69) is 10.3 Å². The third-order valence-corrected chi connectivity index (χ3v) is 3.74. The van der Waals surface area contributed by atoms with Crippen LogP contribution in [0.25, 0.3) is 0 Å². The smallest absolute Gasteiger partial charge is 0.136 e. The largest absolute Gasteiger partial charge is 0.389 e. The number of thiocarbonyl (C=S) groups is 1. The number of rotatable bonds is 3. The molecule has 0 saturated heterocycles. The minimum absolute atomic E-state index is 0.429. The highest BCUT2D eigenvalue weighted by molar-refractivity contribution is 7.80. The summed E-state index contributed by atoms with van der Waals surface area (Å²) in [6.45, 7) is 4.04. The van der Waals surface area contributed by atoms with Gasteiger partial charge in [-0.15, -0.1) is 0 Å². The van der Waals surface area contributed by atoms with E-state index in [1.54, 1.807) is 0 Å². The van der Waals surface area contributed by atoms with Crippen LogP contribution in [0.4, 0.5) is 5.82 Å². The normalized spacial score (nSPS) is 16.6. The van der Waals surface area contributed by atoms with E-state index in [0.29, 0.717) is 11.0 Å². The predicted molar refractivity (Wildman–Crippen MR) is 80.1 cm³/mol. The molecule has 2 rings (SSSR count). The summed E-state index contributed by atoms with van der Waals surface area (Å²) in [7, 11) is 0. The average molecular weight is 263 g/mol. The molecule has 0 bridgehead atoms. The van der Waals surface area contributed by atoms with Crippen LogP contribution < -0.4 is 11.1 Å². The lowest BCUT2D eigenvalue weighted by atomic mass is 9.95. The van der Waals surface area contributed by atoms with Crippen LogP contribution in [0.2, 0.25) is 0 Å². The molecule has 1 aliphatic rings. The van der Waals surface area contributed by atoms with E-state index in [1.807, 2.05) is 19.9 Å². The molecule has 1 heterocycles. The summed E-state index contributed by atoms with van der Waals surface area (Å²) in [4.78, 5) is 5.00. The Morgan fingerprint density at radius 1 is 1.33 bits per heavy atom. The van der Waals surface area contributed by atoms with Gasteiger partial charge in [0, 0.05) is 11.7 Å². The topological polar surface area (TPSA) is 50.9 Å². The zero-order chi connectivity index (χ0) is 13.1. The summed E-state index contributed by atoms with van der Waals surface area (Å²) >= 11 is 5.15. The molecule has 1 fully saturated rings. The van der Waals surface area contributed by atoms with Crippen LogP contribution in [0.1, 0.15) is 48.9 Å². The summed E-state index contributed by atoms with van der Waals surface area (Å²) in [5, 5.41) is 3.53. The molecule has 4 heteroatoms. The molecular weight excluding hydrogens is 242 g/mol. The molecule has 0 aromatic carbocycles. The van der Waals surface area contributed by atoms with Crippen molar-refractivity contribution >= 4 is 23.0 Å². The third-order valence-electron chi connectivity index (χ3n) is 3.54. The van der Waals surface area contributed by atoms with Gasteiger partial charge in [-0.1, -0.05) is 31.5 Å². The van der Waals surface area contributed by atoms with Crippen molar-refractivity contribution in [1.29, 1.82) is 0 Å². The molecule has 1 aromatic heterocycles. The second-order valence-corrected chi connectivity index (χ2v) is 5.59. The van der Waals surface area contributed by atoms with Gasteiger partial charge in [0.25, 0.3) is 0 Å². The van der Waals surface area contributed by atoms with Crippen molar-refractivity contribution in [3.8, 4) is 0 Å². The highest BCUT2D eigenvalue weighted by Gasteiger charge is 2.17. The minimum atomic E-state index is 0.429. The Bertz CT molecular complexity index is 451. The number of pyridine rings is 1. The Balaban J connectivity index is 2.27. The fraction of sp³-hybridized carbons (Fsp3) is 0.571. The first-order valence-electron chi connectivity index (χ1n) is 6.62. The first-order chi connectivity index (χ1) is 8.58. The van der Waals surface area contributed by atoms with E-state index in [1.165, 1.54) is 32.1 Å². The maximum Gasteiger partial charge on any atom is 0.136 e. The van der Waals surface area contributed by atoms with Gasteiger partial charge in [0.15, 0.2) is 0 Å². The number of hydrogen-bond donors (Lipinski definition) is 2. The lowest BCUT2D eigenvalue weighted by Gasteiger charge is -2.25. The molecule has 0 unspecified atom stereocenters. The molecule has 1 aromatic rings. The zero-order valence-corrected chi connectivity index (χ0v) is 11.9. The Labute approximate surface area is 114 Å². The van der Waals surface area contributed by atoms with Gasteiger partial charge >= 0.3 is 0 Å². The minimum Gasteiger partial charge on any atom is -0.389 e. The monoisotopic (exact) mass is 263 g/mol. The number of nitrogens with one attached hydrogen (secondary N) is 1. The van der Waals surface area contributed by atoms with Gasteiger partial charge in [-0.05, 0) is 38.3 Å². The van der Waals surface area contributed by atoms with Crippen molar-refractivity contribution in [3.63, 3.8) is 0 Å². The number of nitrogens with zero attached hydrogens (tertiary/aromatic N) is 1. The maximum atomic E-state index is 5.82. The Morgan fingerprint density at radius 3 is 2.61 bits per heavy atom. The molecule has 98 valence electrons. The second kappa shape index (κ2) is 5.65. The van der Waals surface area contributed by atoms with Crippen LogP contribution in [0.5, 0.6) is 0 Å². The summed E-state index contributed by atoms with van der Waals surface area (Å²) in [6, 6.07) is 2.54. The van der Waals surface area contributed by atoms with Crippen molar-refractivity contribution in [2.75, 3.05) is 5.32 Å². The molecule has 0 atom stereocenters. The highest BCUT2D eigenvalue weighted by Crippen LogP contribution is 2.24. The van der Waals surface area contributed by atoms with Crippen molar-refractivity contribution < 1.29 is 0 Å². The molecule has 3 nitrogen and oxygen atoms in total. The molecule has 0 amide bonds. The highest BCUT2D eigenvalue weighted by atomic mass is 32.1. The Hall–Kier alpha value is -1.16. The van der Waals surface area contributed by atoms with Crippen LogP contribution in [0.15, 0.2) is 6.07 Å². The number of hydrogen-bond acceptors (Lipinski definition) is 3. The van der Waals surface area contributed by atoms with Crippen LogP contribution in [-0.2, 0) is 0 Å². The quantitative estimate of drug-likeness (QED) is 0.823. The van der Waals surface area contributed by atoms with Gasteiger partial charge in [0.2, 0.25) is 0 Å². The Morgan fingerprint density at radius 2 is 2.00 bits per heavy atom. The van der Waals surface area contributed by atoms with Gasteiger partial charge in [-0.25, -0.2) is 4.98 Å². The van der Waals surface area contributed by atoms with Crippen LogP contribution in [-0.4, -0.2) is 16.0 Å². The van der Waals surface area contributed by atoms with E-state index in [-0.39, 0.29) is 0 Å². The fourth-order valence-electron chi connectivity index (χ4n) is 2.69. The van der Waals surface area contributed by atoms with Gasteiger partial charge in [-0.2, -0.15) is 0 Å². The lowest BCUT2D eigenvalue weighted by molar-refractivity contribution is 0.462. The first-order valence-corrected chi connectivity index (χ1v) is 7.03. The lowest BCUT2D eigenvalue weighted by Crippen LogP contribution is -2.26. The van der Waals surface area contributed by atoms with Crippen LogP contribution >= 0.6 is 12.2 Å². The number of anilines is 1. The van der Waals surface area contributed by atoms with E-state index < -0.39 is 0 Å². The maximum absolute atomic E-state index is 5.82. The van der Waals surface area contributed by atoms with E-state index in [0.717, 1.165) is 22.6 Å². The van der Waals surface area contributed by atoms with Crippen molar-refractivity contribution in [1.82, 2.24) is 4.98 Å². The molecule has 18 heavy (non-hydrogen) atoms. The van der Waals surface area contributed by atoms with Gasteiger partial charge in [0.05, 0.1) is 5.56 Å². The second-order valence-electron chi connectivity index (χ2n) is 5.15. The fourth-order valence-corrected chi connectivity index (χ4v) is 2.95. The van der Waals surface area contributed by atoms with Crippen molar-refractivity contribution in [2.24, 2.45) is 5.73 Å². The molecule has 0 radical (unpaired) electrons. The zero-order valence-electron chi connectivity index (χ0n) is 11.1. The van der Waals surface area contributed by atoms with E-state index in [4.69, 9.17) is 18.0 Å². The number of aryl methyl sites for hydroxylation is 2. The van der Waals surface area contributed by atoms with E-state index in [9.17, 15) is 0 Å². The van der Waals surface area contributed by atoms with Gasteiger partial charge in [-0.3, -0.25) is 0 Å². The van der Waals surface area contributed by atoms with Crippen molar-refractivity contribution in [2.45, 2.75) is 52.0 Å². The van der Waals surface area contributed by atoms with Gasteiger partial charge in [0.1, 0.15) is 10.8 Å². The Kier molecular flexibility index (Phi) is 4.17. The standard InChI is InChI=1S/C14H21N3S/c1-9-8-10(2)16-14(12(9)13(15)18)17-11-6-4-3-5-7-11/h8,11H,3-7H2,1-2H3,(H2,15,18)(H,16,17). The molecule has 1 saturated carbocycles. The average Bonchev–Trinajstić information content (AvgIpc) is 2.28. The van der Waals surface area contributed by atoms with Crippen LogP contribution in [0.3, 0.4) is 0 Å². The molecular formula is C14H21N3S. The summed E-state index contributed by atoms with van der Waals surface area (Å²) in [5.74, 6) is 0.868. The summed E-state index contributed by atoms with van der Waals surface area (Å²) < 4.78 is 0. The molecule has 0 spiro atoms. The van der Waals surface area contributed by atoms with Crippen LogP contribution in [0, 0.1) is 13.8 Å². The third kappa shape index (κ3) is 2.99. The SMILES string of the molecule is Cc1cc(C)c(C(N)=S)c(NC2CCCCC2)n1. The number of aromatic nitrogens is 1. The molecule has 1 aliphatic carbocycles. The first kappa shape index (κ1) is 13.3. The van der Waals surface area contributed by atoms with Gasteiger partial charge < -0.3 is 11.1 Å². The predicted octanol–water partition coefficient (Wildman–Crippen LogP) is 3.08. The van der Waals surface area contributed by atoms with E-state index >= 15 is 0 Å². The number of nitrogens with two attached hydrogens (primary N) is 1. The summed E-state index contributed by atoms with van der Waals surface area (Å²) in [5.41, 5.74) is 8.84. The molecule has 3 N–H and O–H groups in total. The molecule has 0 aliphatic heterocycles.